The third-order valence-corrected chi connectivity index (χ3v) is 4.70. The van der Waals surface area contributed by atoms with Crippen LogP contribution in [0.2, 0.25) is 0 Å². The van der Waals surface area contributed by atoms with E-state index in [4.69, 9.17) is 4.74 Å². The van der Waals surface area contributed by atoms with Crippen molar-refractivity contribution >= 4 is 0 Å². The molecule has 1 aromatic rings. The van der Waals surface area contributed by atoms with Crippen molar-refractivity contribution in [2.45, 2.75) is 39.7 Å². The smallest absolute Gasteiger partial charge is 0.0501 e. The summed E-state index contributed by atoms with van der Waals surface area (Å²) in [6.07, 6.45) is 1.88. The van der Waals surface area contributed by atoms with Gasteiger partial charge in [0.1, 0.15) is 0 Å². The molecule has 0 spiro atoms. The Labute approximate surface area is 122 Å². The minimum Gasteiger partial charge on any atom is -0.396 e. The first-order chi connectivity index (χ1) is 9.56. The van der Waals surface area contributed by atoms with Crippen molar-refractivity contribution in [3.05, 3.63) is 34.9 Å². The van der Waals surface area contributed by atoms with E-state index < -0.39 is 0 Å². The van der Waals surface area contributed by atoms with Gasteiger partial charge in [-0.2, -0.15) is 0 Å². The summed E-state index contributed by atoms with van der Waals surface area (Å²) in [7, 11) is 0. The van der Waals surface area contributed by atoms with Crippen LogP contribution in [0.3, 0.4) is 0 Å². The van der Waals surface area contributed by atoms with Crippen LogP contribution >= 0.6 is 0 Å². The standard InChI is InChI=1S/C17H27NO2/c1-13-4-5-16(10-14(13)2)15(3)18-11-17(12-19)6-8-20-9-7-17/h4-5,10,15,18-19H,6-9,11-12H2,1-3H3. The highest BCUT2D eigenvalue weighted by Crippen LogP contribution is 2.30. The van der Waals surface area contributed by atoms with Crippen LogP contribution in [0.1, 0.15) is 42.5 Å². The topological polar surface area (TPSA) is 41.5 Å². The molecule has 1 atom stereocenters. The van der Waals surface area contributed by atoms with Gasteiger partial charge in [-0.15, -0.1) is 0 Å². The van der Waals surface area contributed by atoms with Gasteiger partial charge in [0.05, 0.1) is 6.61 Å². The van der Waals surface area contributed by atoms with Crippen LogP contribution < -0.4 is 5.32 Å². The lowest BCUT2D eigenvalue weighted by atomic mass is 9.80. The van der Waals surface area contributed by atoms with Gasteiger partial charge in [0.25, 0.3) is 0 Å². The Bertz CT molecular complexity index is 439. The van der Waals surface area contributed by atoms with Crippen LogP contribution in [-0.2, 0) is 4.74 Å². The molecule has 20 heavy (non-hydrogen) atoms. The van der Waals surface area contributed by atoms with E-state index in [-0.39, 0.29) is 12.0 Å². The zero-order chi connectivity index (χ0) is 14.6. The minimum atomic E-state index is -0.00769. The fourth-order valence-corrected chi connectivity index (χ4v) is 2.72. The third-order valence-electron chi connectivity index (χ3n) is 4.70. The van der Waals surface area contributed by atoms with Gasteiger partial charge in [-0.25, -0.2) is 0 Å². The average Bonchev–Trinajstić information content (AvgIpc) is 2.48. The quantitative estimate of drug-likeness (QED) is 0.869. The lowest BCUT2D eigenvalue weighted by Crippen LogP contribution is -2.42. The number of ether oxygens (including phenoxy) is 1. The molecule has 1 fully saturated rings. The van der Waals surface area contributed by atoms with E-state index in [2.05, 4.69) is 44.3 Å². The molecule has 0 saturated carbocycles. The summed E-state index contributed by atoms with van der Waals surface area (Å²) in [5, 5.41) is 13.3. The molecule has 0 aliphatic carbocycles. The molecule has 1 aliphatic heterocycles. The Balaban J connectivity index is 1.96. The summed E-state index contributed by atoms with van der Waals surface area (Å²) < 4.78 is 5.41. The van der Waals surface area contributed by atoms with E-state index >= 15 is 0 Å². The predicted octanol–water partition coefficient (Wildman–Crippen LogP) is 2.74. The molecule has 2 rings (SSSR count). The molecule has 3 nitrogen and oxygen atoms in total. The molecule has 1 unspecified atom stereocenters. The van der Waals surface area contributed by atoms with E-state index in [9.17, 15) is 5.11 Å². The third kappa shape index (κ3) is 3.60. The average molecular weight is 277 g/mol. The highest BCUT2D eigenvalue weighted by Gasteiger charge is 2.32. The summed E-state index contributed by atoms with van der Waals surface area (Å²) >= 11 is 0. The number of hydrogen-bond donors (Lipinski definition) is 2. The van der Waals surface area contributed by atoms with E-state index in [1.807, 2.05) is 0 Å². The number of aryl methyl sites for hydroxylation is 2. The molecule has 0 aromatic heterocycles. The van der Waals surface area contributed by atoms with Gasteiger partial charge in [0.2, 0.25) is 0 Å². The number of aliphatic hydroxyl groups excluding tert-OH is 1. The Hall–Kier alpha value is -0.900. The van der Waals surface area contributed by atoms with Crippen molar-refractivity contribution in [1.29, 1.82) is 0 Å². The van der Waals surface area contributed by atoms with E-state index in [0.717, 1.165) is 32.6 Å². The van der Waals surface area contributed by atoms with Gasteiger partial charge in [0.15, 0.2) is 0 Å². The molecule has 1 heterocycles. The molecule has 1 saturated heterocycles. The molecule has 2 N–H and O–H groups in total. The molecule has 0 bridgehead atoms. The Kier molecular flexibility index (Phi) is 5.19. The molecular formula is C17H27NO2. The summed E-state index contributed by atoms with van der Waals surface area (Å²) in [6, 6.07) is 6.93. The van der Waals surface area contributed by atoms with Crippen molar-refractivity contribution in [2.24, 2.45) is 5.41 Å². The number of hydrogen-bond acceptors (Lipinski definition) is 3. The zero-order valence-corrected chi connectivity index (χ0v) is 12.9. The number of rotatable bonds is 5. The lowest BCUT2D eigenvalue weighted by molar-refractivity contribution is -0.0163. The fraction of sp³-hybridized carbons (Fsp3) is 0.647. The minimum absolute atomic E-state index is 0.00769. The highest BCUT2D eigenvalue weighted by molar-refractivity contribution is 5.31. The van der Waals surface area contributed by atoms with E-state index in [1.165, 1.54) is 16.7 Å². The van der Waals surface area contributed by atoms with Gasteiger partial charge < -0.3 is 15.2 Å². The second kappa shape index (κ2) is 6.70. The van der Waals surface area contributed by atoms with Crippen molar-refractivity contribution in [1.82, 2.24) is 5.32 Å². The Morgan fingerprint density at radius 2 is 1.95 bits per heavy atom. The first-order valence-corrected chi connectivity index (χ1v) is 7.55. The monoisotopic (exact) mass is 277 g/mol. The van der Waals surface area contributed by atoms with Crippen LogP contribution in [0.25, 0.3) is 0 Å². The molecule has 0 radical (unpaired) electrons. The SMILES string of the molecule is Cc1ccc(C(C)NCC2(CO)CCOCC2)cc1C. The molecule has 112 valence electrons. The second-order valence-electron chi connectivity index (χ2n) is 6.22. The van der Waals surface area contributed by atoms with Gasteiger partial charge >= 0.3 is 0 Å². The maximum Gasteiger partial charge on any atom is 0.0501 e. The summed E-state index contributed by atoms with van der Waals surface area (Å²) in [5.41, 5.74) is 3.97. The van der Waals surface area contributed by atoms with Crippen molar-refractivity contribution in [3.8, 4) is 0 Å². The van der Waals surface area contributed by atoms with Crippen LogP contribution in [0.4, 0.5) is 0 Å². The number of nitrogens with one attached hydrogen (secondary N) is 1. The normalized spacial score (nSPS) is 19.8. The molecule has 0 amide bonds. The molecule has 1 aliphatic rings. The maximum absolute atomic E-state index is 9.71. The zero-order valence-electron chi connectivity index (χ0n) is 12.9. The predicted molar refractivity (Wildman–Crippen MR) is 81.9 cm³/mol. The molecular weight excluding hydrogens is 250 g/mol. The summed E-state index contributed by atoms with van der Waals surface area (Å²) in [6.45, 7) is 9.10. The molecule has 3 heteroatoms. The van der Waals surface area contributed by atoms with Crippen molar-refractivity contribution in [2.75, 3.05) is 26.4 Å². The van der Waals surface area contributed by atoms with Gasteiger partial charge in [0, 0.05) is 31.2 Å². The van der Waals surface area contributed by atoms with Gasteiger partial charge in [-0.1, -0.05) is 18.2 Å². The lowest BCUT2D eigenvalue weighted by Gasteiger charge is -2.36. The Morgan fingerprint density at radius 1 is 1.25 bits per heavy atom. The van der Waals surface area contributed by atoms with Gasteiger partial charge in [-0.3, -0.25) is 0 Å². The van der Waals surface area contributed by atoms with E-state index in [0.29, 0.717) is 6.04 Å². The van der Waals surface area contributed by atoms with Crippen LogP contribution in [0.15, 0.2) is 18.2 Å². The largest absolute Gasteiger partial charge is 0.396 e. The first kappa shape index (κ1) is 15.5. The van der Waals surface area contributed by atoms with Gasteiger partial charge in [-0.05, 0) is 50.3 Å². The first-order valence-electron chi connectivity index (χ1n) is 7.55. The summed E-state index contributed by atoms with van der Waals surface area (Å²) in [5.74, 6) is 0. The maximum atomic E-state index is 9.71. The fourth-order valence-electron chi connectivity index (χ4n) is 2.72. The Morgan fingerprint density at radius 3 is 2.55 bits per heavy atom. The van der Waals surface area contributed by atoms with Crippen molar-refractivity contribution < 1.29 is 9.84 Å². The second-order valence-corrected chi connectivity index (χ2v) is 6.22. The van der Waals surface area contributed by atoms with Crippen LogP contribution in [0, 0.1) is 19.3 Å². The van der Waals surface area contributed by atoms with Crippen molar-refractivity contribution in [3.63, 3.8) is 0 Å². The van der Waals surface area contributed by atoms with Crippen LogP contribution in [-0.4, -0.2) is 31.5 Å². The number of aliphatic hydroxyl groups is 1. The van der Waals surface area contributed by atoms with E-state index in [1.54, 1.807) is 0 Å². The van der Waals surface area contributed by atoms with Crippen LogP contribution in [0.5, 0.6) is 0 Å². The molecule has 1 aromatic carbocycles. The highest BCUT2D eigenvalue weighted by atomic mass is 16.5. The summed E-state index contributed by atoms with van der Waals surface area (Å²) in [4.78, 5) is 0. The number of benzene rings is 1.